The van der Waals surface area contributed by atoms with E-state index in [9.17, 15) is 4.79 Å². The Hall–Kier alpha value is -1.57. The van der Waals surface area contributed by atoms with Crippen LogP contribution in [0.15, 0.2) is 39.5 Å². The number of piperidine rings is 3. The summed E-state index contributed by atoms with van der Waals surface area (Å²) in [5, 5.41) is 5.13. The van der Waals surface area contributed by atoms with Gasteiger partial charge in [-0.25, -0.2) is 10.0 Å². The molecule has 2 bridgehead atoms. The second kappa shape index (κ2) is 7.21. The minimum atomic E-state index is 0.0227. The number of hydrogen-bond acceptors (Lipinski definition) is 6. The lowest BCUT2D eigenvalue weighted by Gasteiger charge is -2.45. The maximum atomic E-state index is 12.5. The fraction of sp³-hybridized carbons (Fsp3) is 0.579. The fourth-order valence-electron chi connectivity index (χ4n) is 4.32. The minimum Gasteiger partial charge on any atom is -0.323 e. The van der Waals surface area contributed by atoms with E-state index < -0.39 is 0 Å². The number of thioether (sulfide) groups is 1. The molecule has 5 aliphatic heterocycles. The maximum absolute atomic E-state index is 12.5. The molecule has 1 amide bonds. The Labute approximate surface area is 159 Å². The van der Waals surface area contributed by atoms with Crippen LogP contribution in [-0.2, 0) is 4.79 Å². The van der Waals surface area contributed by atoms with Crippen LogP contribution in [0.25, 0.3) is 0 Å². The second-order valence-electron chi connectivity index (χ2n) is 7.64. The highest BCUT2D eigenvalue weighted by Crippen LogP contribution is 2.34. The molecule has 7 heteroatoms. The SMILES string of the molecule is C=C1/C=C(/C2=C(C)NN(C)C2)SCC(=O)N/C([C@@H]2CC3CCN2CC3)=N\1. The van der Waals surface area contributed by atoms with Crippen molar-refractivity contribution < 1.29 is 4.79 Å². The van der Waals surface area contributed by atoms with Gasteiger partial charge in [-0.05, 0) is 51.3 Å². The van der Waals surface area contributed by atoms with Crippen molar-refractivity contribution in [3.63, 3.8) is 0 Å². The summed E-state index contributed by atoms with van der Waals surface area (Å²) in [6.07, 6.45) is 5.66. The van der Waals surface area contributed by atoms with E-state index in [-0.39, 0.29) is 11.9 Å². The lowest BCUT2D eigenvalue weighted by Crippen LogP contribution is -2.56. The van der Waals surface area contributed by atoms with Crippen LogP contribution in [0, 0.1) is 5.92 Å². The number of fused-ring (bicyclic) bond motifs is 3. The first-order valence-electron chi connectivity index (χ1n) is 9.33. The smallest absolute Gasteiger partial charge is 0.235 e. The summed E-state index contributed by atoms with van der Waals surface area (Å²) in [7, 11) is 2.02. The molecule has 3 fully saturated rings. The molecule has 0 saturated carbocycles. The summed E-state index contributed by atoms with van der Waals surface area (Å²) in [5.41, 5.74) is 6.35. The second-order valence-corrected chi connectivity index (χ2v) is 8.65. The largest absolute Gasteiger partial charge is 0.323 e. The fourth-order valence-corrected chi connectivity index (χ4v) is 5.29. The van der Waals surface area contributed by atoms with Crippen molar-refractivity contribution in [1.29, 1.82) is 0 Å². The third-order valence-electron chi connectivity index (χ3n) is 5.65. The van der Waals surface area contributed by atoms with Crippen molar-refractivity contribution in [2.45, 2.75) is 32.2 Å². The lowest BCUT2D eigenvalue weighted by atomic mass is 9.83. The number of nitrogens with zero attached hydrogens (tertiary/aromatic N) is 3. The summed E-state index contributed by atoms with van der Waals surface area (Å²) in [6.45, 7) is 9.25. The minimum absolute atomic E-state index is 0.0227. The van der Waals surface area contributed by atoms with Crippen LogP contribution in [0.4, 0.5) is 0 Å². The van der Waals surface area contributed by atoms with E-state index in [4.69, 9.17) is 4.99 Å². The Morgan fingerprint density at radius 2 is 2.12 bits per heavy atom. The average Bonchev–Trinajstić information content (AvgIpc) is 2.99. The molecular formula is C19H27N5OS. The number of carbonyl (C=O) groups excluding carboxylic acids is 1. The van der Waals surface area contributed by atoms with Crippen molar-refractivity contribution in [3.8, 4) is 0 Å². The molecule has 6 nitrogen and oxygen atoms in total. The molecule has 5 heterocycles. The zero-order valence-corrected chi connectivity index (χ0v) is 16.4. The molecule has 0 radical (unpaired) electrons. The van der Waals surface area contributed by atoms with Crippen molar-refractivity contribution in [1.82, 2.24) is 20.7 Å². The molecule has 1 atom stereocenters. The number of likely N-dealkylation sites (N-methyl/N-ethyl adjacent to an activating group) is 1. The van der Waals surface area contributed by atoms with Crippen LogP contribution in [0.1, 0.15) is 26.2 Å². The van der Waals surface area contributed by atoms with E-state index in [1.165, 1.54) is 18.4 Å². The Morgan fingerprint density at radius 1 is 1.35 bits per heavy atom. The summed E-state index contributed by atoms with van der Waals surface area (Å²) in [4.78, 5) is 20.8. The first kappa shape index (κ1) is 17.8. The van der Waals surface area contributed by atoms with Crippen molar-refractivity contribution in [3.05, 3.63) is 34.5 Å². The summed E-state index contributed by atoms with van der Waals surface area (Å²) in [5.74, 6) is 1.97. The van der Waals surface area contributed by atoms with Crippen molar-refractivity contribution in [2.24, 2.45) is 10.9 Å². The van der Waals surface area contributed by atoms with Crippen LogP contribution in [-0.4, -0.2) is 60.1 Å². The number of hydrogen-bond donors (Lipinski definition) is 2. The van der Waals surface area contributed by atoms with Gasteiger partial charge in [-0.2, -0.15) is 0 Å². The number of carbonyl (C=O) groups is 1. The quantitative estimate of drug-likeness (QED) is 0.774. The van der Waals surface area contributed by atoms with Crippen LogP contribution in [0.3, 0.4) is 0 Å². The number of aliphatic imine (C=N–C) groups is 1. The van der Waals surface area contributed by atoms with E-state index >= 15 is 0 Å². The van der Waals surface area contributed by atoms with Crippen LogP contribution in [0.5, 0.6) is 0 Å². The first-order valence-corrected chi connectivity index (χ1v) is 10.3. The van der Waals surface area contributed by atoms with Gasteiger partial charge in [0.15, 0.2) is 0 Å². The van der Waals surface area contributed by atoms with E-state index in [0.717, 1.165) is 48.4 Å². The highest BCUT2D eigenvalue weighted by atomic mass is 32.2. The van der Waals surface area contributed by atoms with E-state index in [2.05, 4.69) is 29.1 Å². The number of amides is 1. The van der Waals surface area contributed by atoms with Gasteiger partial charge in [0.1, 0.15) is 5.84 Å². The third-order valence-corrected chi connectivity index (χ3v) is 6.74. The molecule has 0 aliphatic carbocycles. The van der Waals surface area contributed by atoms with Gasteiger partial charge in [0, 0.05) is 29.8 Å². The Kier molecular flexibility index (Phi) is 4.94. The first-order chi connectivity index (χ1) is 12.5. The molecule has 5 aliphatic rings. The molecule has 26 heavy (non-hydrogen) atoms. The van der Waals surface area contributed by atoms with Gasteiger partial charge in [-0.15, -0.1) is 11.8 Å². The van der Waals surface area contributed by atoms with Gasteiger partial charge in [0.05, 0.1) is 17.5 Å². The Bertz CT molecular complexity index is 717. The average molecular weight is 374 g/mol. The van der Waals surface area contributed by atoms with Gasteiger partial charge >= 0.3 is 0 Å². The van der Waals surface area contributed by atoms with Gasteiger partial charge in [0.25, 0.3) is 0 Å². The highest BCUT2D eigenvalue weighted by molar-refractivity contribution is 8.03. The number of hydrazine groups is 1. The normalized spacial score (nSPS) is 37.1. The van der Waals surface area contributed by atoms with Gasteiger partial charge in [-0.3, -0.25) is 9.69 Å². The number of nitrogens with one attached hydrogen (secondary N) is 2. The zero-order valence-electron chi connectivity index (χ0n) is 15.5. The molecule has 0 aromatic heterocycles. The predicted molar refractivity (Wildman–Crippen MR) is 106 cm³/mol. The van der Waals surface area contributed by atoms with Gasteiger partial charge in [-0.1, -0.05) is 6.58 Å². The molecule has 0 unspecified atom stereocenters. The molecular weight excluding hydrogens is 346 g/mol. The molecule has 2 N–H and O–H groups in total. The zero-order chi connectivity index (χ0) is 18.3. The van der Waals surface area contributed by atoms with Crippen molar-refractivity contribution in [2.75, 3.05) is 32.4 Å². The monoisotopic (exact) mass is 373 g/mol. The predicted octanol–water partition coefficient (Wildman–Crippen LogP) is 1.85. The van der Waals surface area contributed by atoms with E-state index in [1.54, 1.807) is 11.8 Å². The number of allylic oxidation sites excluding steroid dienone is 2. The molecule has 0 aromatic carbocycles. The van der Waals surface area contributed by atoms with E-state index in [0.29, 0.717) is 11.4 Å². The maximum Gasteiger partial charge on any atom is 0.235 e. The molecule has 0 aromatic rings. The van der Waals surface area contributed by atoms with Gasteiger partial charge in [0.2, 0.25) is 5.91 Å². The van der Waals surface area contributed by atoms with E-state index in [1.807, 2.05) is 18.1 Å². The molecule has 3 saturated heterocycles. The summed E-state index contributed by atoms with van der Waals surface area (Å²) in [6, 6.07) is 0.225. The third kappa shape index (κ3) is 3.61. The van der Waals surface area contributed by atoms with Crippen LogP contribution >= 0.6 is 11.8 Å². The van der Waals surface area contributed by atoms with Gasteiger partial charge < -0.3 is 10.7 Å². The number of amidine groups is 1. The Morgan fingerprint density at radius 3 is 2.73 bits per heavy atom. The molecule has 5 rings (SSSR count). The Balaban J connectivity index is 1.61. The highest BCUT2D eigenvalue weighted by Gasteiger charge is 2.37. The van der Waals surface area contributed by atoms with Crippen LogP contribution in [0.2, 0.25) is 0 Å². The van der Waals surface area contributed by atoms with Crippen LogP contribution < -0.4 is 10.7 Å². The number of rotatable bonds is 2. The molecule has 0 spiro atoms. The summed E-state index contributed by atoms with van der Waals surface area (Å²) < 4.78 is 0. The standard InChI is InChI=1S/C19H27N5OS/c1-12-8-17(15-10-23(3)22-13(15)2)26-11-18(25)21-19(20-12)16-9-14-4-6-24(16)7-5-14/h8,14,16,22H,1,4-7,9-11H2,2-3H3,(H,20,21,25)/b17-8-/t16-/m0/s1. The topological polar surface area (TPSA) is 60.0 Å². The summed E-state index contributed by atoms with van der Waals surface area (Å²) >= 11 is 1.57. The van der Waals surface area contributed by atoms with Crippen molar-refractivity contribution >= 4 is 23.5 Å². The lowest BCUT2D eigenvalue weighted by molar-refractivity contribution is -0.117. The molecule has 140 valence electrons.